The number of nitrogens with zero attached hydrogens (tertiary/aromatic N) is 2. The van der Waals surface area contributed by atoms with Crippen LogP contribution in [0.5, 0.6) is 0 Å². The van der Waals surface area contributed by atoms with E-state index in [1.54, 1.807) is 0 Å². The van der Waals surface area contributed by atoms with Crippen LogP contribution in [0.25, 0.3) is 0 Å². The molecule has 1 fully saturated rings. The van der Waals surface area contributed by atoms with Crippen molar-refractivity contribution in [1.29, 1.82) is 0 Å². The van der Waals surface area contributed by atoms with Gasteiger partial charge in [-0.1, -0.05) is 0 Å². The minimum absolute atomic E-state index is 0.103. The maximum atomic E-state index is 12.6. The number of hydrogen-bond acceptors (Lipinski definition) is 4. The van der Waals surface area contributed by atoms with E-state index >= 15 is 0 Å². The first-order valence-corrected chi connectivity index (χ1v) is 10.1. The molecule has 27 heavy (non-hydrogen) atoms. The van der Waals surface area contributed by atoms with E-state index in [1.807, 2.05) is 27.7 Å². The molecule has 0 bridgehead atoms. The molecule has 0 radical (unpaired) electrons. The van der Waals surface area contributed by atoms with Gasteiger partial charge in [-0.05, 0) is 40.5 Å². The average Bonchev–Trinajstić information content (AvgIpc) is 2.50. The minimum atomic E-state index is -5.29. The van der Waals surface area contributed by atoms with E-state index in [1.165, 1.54) is 0 Å². The Balaban J connectivity index is 2.63. The molecule has 0 unspecified atom stereocenters. The van der Waals surface area contributed by atoms with Gasteiger partial charge in [-0.15, -0.1) is 0 Å². The summed E-state index contributed by atoms with van der Waals surface area (Å²) >= 11 is 0. The lowest BCUT2D eigenvalue weighted by atomic mass is 10.1. The van der Waals surface area contributed by atoms with Crippen LogP contribution in [-0.4, -0.2) is 67.9 Å². The van der Waals surface area contributed by atoms with Crippen LogP contribution < -0.4 is 16.0 Å². The predicted octanol–water partition coefficient (Wildman–Crippen LogP) is 0.770. The highest BCUT2D eigenvalue weighted by molar-refractivity contribution is 7.90. The Bertz CT molecular complexity index is 636. The van der Waals surface area contributed by atoms with E-state index in [2.05, 4.69) is 20.9 Å². The molecule has 1 amide bonds. The number of carbonyl (C=O) groups excluding carboxylic acids is 1. The molecule has 1 aliphatic heterocycles. The summed E-state index contributed by atoms with van der Waals surface area (Å²) in [5.74, 6) is 0.101. The molecule has 1 saturated heterocycles. The fraction of sp³-hybridized carbons (Fsp3) is 0.867. The lowest BCUT2D eigenvalue weighted by molar-refractivity contribution is -0.121. The zero-order valence-electron chi connectivity index (χ0n) is 16.0. The highest BCUT2D eigenvalue weighted by atomic mass is 32.2. The molecule has 158 valence electrons. The average molecular weight is 415 g/mol. The number of halogens is 3. The third-order valence-electron chi connectivity index (χ3n) is 3.67. The van der Waals surface area contributed by atoms with E-state index in [4.69, 9.17) is 0 Å². The van der Waals surface area contributed by atoms with Gasteiger partial charge in [0.25, 0.3) is 0 Å². The van der Waals surface area contributed by atoms with Gasteiger partial charge in [0, 0.05) is 31.2 Å². The van der Waals surface area contributed by atoms with Gasteiger partial charge in [0.15, 0.2) is 5.96 Å². The fourth-order valence-corrected chi connectivity index (χ4v) is 3.49. The van der Waals surface area contributed by atoms with E-state index in [-0.39, 0.29) is 50.0 Å². The molecule has 0 saturated carbocycles. The monoisotopic (exact) mass is 415 g/mol. The quantitative estimate of drug-likeness (QED) is 0.455. The number of amides is 1. The summed E-state index contributed by atoms with van der Waals surface area (Å²) < 4.78 is 61.1. The van der Waals surface area contributed by atoms with Crippen LogP contribution in [0.1, 0.15) is 40.5 Å². The van der Waals surface area contributed by atoms with Crippen LogP contribution in [0, 0.1) is 0 Å². The summed E-state index contributed by atoms with van der Waals surface area (Å²) in [7, 11) is -5.29. The predicted molar refractivity (Wildman–Crippen MR) is 96.6 cm³/mol. The van der Waals surface area contributed by atoms with Crippen molar-refractivity contribution >= 4 is 21.9 Å². The van der Waals surface area contributed by atoms with Crippen molar-refractivity contribution in [2.75, 3.05) is 26.2 Å². The molecule has 0 spiro atoms. The van der Waals surface area contributed by atoms with Crippen molar-refractivity contribution in [2.45, 2.75) is 57.6 Å². The maximum absolute atomic E-state index is 12.6. The number of alkyl halides is 3. The number of carbonyl (C=O) groups is 1. The van der Waals surface area contributed by atoms with Crippen LogP contribution in [0.2, 0.25) is 0 Å². The second-order valence-corrected chi connectivity index (χ2v) is 9.19. The Morgan fingerprint density at radius 1 is 1.19 bits per heavy atom. The molecule has 1 rings (SSSR count). The van der Waals surface area contributed by atoms with Crippen molar-refractivity contribution < 1.29 is 26.4 Å². The summed E-state index contributed by atoms with van der Waals surface area (Å²) in [5.41, 5.74) is -5.67. The van der Waals surface area contributed by atoms with E-state index in [0.29, 0.717) is 16.8 Å². The van der Waals surface area contributed by atoms with Crippen molar-refractivity contribution in [3.05, 3.63) is 0 Å². The summed E-state index contributed by atoms with van der Waals surface area (Å²) in [6.45, 7) is 7.35. The molecule has 12 heteroatoms. The minimum Gasteiger partial charge on any atom is -0.357 e. The van der Waals surface area contributed by atoms with Crippen LogP contribution >= 0.6 is 0 Å². The second-order valence-electron chi connectivity index (χ2n) is 7.26. The van der Waals surface area contributed by atoms with Gasteiger partial charge in [0.05, 0.1) is 0 Å². The zero-order chi connectivity index (χ0) is 20.9. The van der Waals surface area contributed by atoms with E-state index in [0.717, 1.165) is 0 Å². The van der Waals surface area contributed by atoms with Gasteiger partial charge in [0.2, 0.25) is 5.91 Å². The molecule has 0 aliphatic carbocycles. The van der Waals surface area contributed by atoms with Gasteiger partial charge < -0.3 is 16.0 Å². The van der Waals surface area contributed by atoms with Crippen LogP contribution in [0.15, 0.2) is 4.99 Å². The van der Waals surface area contributed by atoms with Gasteiger partial charge >= 0.3 is 15.5 Å². The van der Waals surface area contributed by atoms with Crippen molar-refractivity contribution in [1.82, 2.24) is 20.3 Å². The number of sulfonamides is 1. The number of hydrogen-bond donors (Lipinski definition) is 3. The van der Waals surface area contributed by atoms with Gasteiger partial charge in [-0.3, -0.25) is 4.79 Å². The van der Waals surface area contributed by atoms with Gasteiger partial charge in [-0.25, -0.2) is 13.4 Å². The Labute approximate surface area is 158 Å². The third kappa shape index (κ3) is 7.53. The molecule has 8 nitrogen and oxygen atoms in total. The number of aliphatic imine (C=N–C) groups is 1. The van der Waals surface area contributed by atoms with Gasteiger partial charge in [-0.2, -0.15) is 17.5 Å². The van der Waals surface area contributed by atoms with Crippen molar-refractivity contribution in [3.63, 3.8) is 0 Å². The summed E-state index contributed by atoms with van der Waals surface area (Å²) in [5, 5.41) is 8.78. The number of guanidine groups is 1. The molecule has 0 aromatic rings. The lowest BCUT2D eigenvalue weighted by Gasteiger charge is -2.32. The van der Waals surface area contributed by atoms with Crippen molar-refractivity contribution in [3.8, 4) is 0 Å². The third-order valence-corrected chi connectivity index (χ3v) is 5.30. The number of rotatable bonds is 5. The first-order valence-electron chi connectivity index (χ1n) is 8.68. The lowest BCUT2D eigenvalue weighted by Crippen LogP contribution is -2.52. The normalized spacial score (nSPS) is 18.3. The SMILES string of the molecule is CCNC(=NCC(=O)NC(C)(C)C)NC1CCN(S(=O)(=O)C(F)(F)F)CC1. The summed E-state index contributed by atoms with van der Waals surface area (Å²) in [6.07, 6.45) is 0.405. The molecule has 1 heterocycles. The second kappa shape index (κ2) is 9.09. The van der Waals surface area contributed by atoms with Crippen LogP contribution in [-0.2, 0) is 14.8 Å². The molecule has 0 aromatic carbocycles. The smallest absolute Gasteiger partial charge is 0.357 e. The Morgan fingerprint density at radius 3 is 2.19 bits per heavy atom. The van der Waals surface area contributed by atoms with Crippen molar-refractivity contribution in [2.24, 2.45) is 4.99 Å². The first kappa shape index (κ1) is 23.5. The molecule has 1 aliphatic rings. The molecular formula is C15H28F3N5O3S. The summed E-state index contributed by atoms with van der Waals surface area (Å²) in [6, 6.07) is -0.242. The Morgan fingerprint density at radius 2 is 1.74 bits per heavy atom. The largest absolute Gasteiger partial charge is 0.511 e. The Hall–Kier alpha value is -1.56. The molecule has 3 N–H and O–H groups in total. The highest BCUT2D eigenvalue weighted by Gasteiger charge is 2.50. The highest BCUT2D eigenvalue weighted by Crippen LogP contribution is 2.28. The van der Waals surface area contributed by atoms with Crippen LogP contribution in [0.4, 0.5) is 13.2 Å². The Kier molecular flexibility index (Phi) is 7.90. The molecule has 0 atom stereocenters. The summed E-state index contributed by atoms with van der Waals surface area (Å²) in [4.78, 5) is 16.0. The maximum Gasteiger partial charge on any atom is 0.511 e. The van der Waals surface area contributed by atoms with Crippen LogP contribution in [0.3, 0.4) is 0 Å². The number of piperidine rings is 1. The van der Waals surface area contributed by atoms with E-state index < -0.39 is 15.5 Å². The molecule has 0 aromatic heterocycles. The topological polar surface area (TPSA) is 103 Å². The van der Waals surface area contributed by atoms with Gasteiger partial charge in [0.1, 0.15) is 6.54 Å². The molecular weight excluding hydrogens is 387 g/mol. The zero-order valence-corrected chi connectivity index (χ0v) is 16.8. The number of nitrogens with one attached hydrogen (secondary N) is 3. The fourth-order valence-electron chi connectivity index (χ4n) is 2.51. The standard InChI is InChI=1S/C15H28F3N5O3S/c1-5-19-13(20-10-12(24)22-14(2,3)4)21-11-6-8-23(9-7-11)27(25,26)15(16,17)18/h11H,5-10H2,1-4H3,(H,22,24)(H2,19,20,21). The van der Waals surface area contributed by atoms with E-state index in [9.17, 15) is 26.4 Å². The first-order chi connectivity index (χ1) is 12.3.